The van der Waals surface area contributed by atoms with Crippen LogP contribution in [0.4, 0.5) is 4.79 Å². The summed E-state index contributed by atoms with van der Waals surface area (Å²) in [6, 6.07) is 0. The minimum absolute atomic E-state index is 0.0407. The zero-order chi connectivity index (χ0) is 16.2. The molecule has 6 heteroatoms. The molecule has 2 amide bonds. The molecule has 1 aliphatic heterocycles. The van der Waals surface area contributed by atoms with Crippen LogP contribution in [0, 0.1) is 5.41 Å². The third-order valence-corrected chi connectivity index (χ3v) is 4.05. The van der Waals surface area contributed by atoms with Crippen molar-refractivity contribution in [3.8, 4) is 0 Å². The molecule has 0 bridgehead atoms. The Morgan fingerprint density at radius 1 is 1.27 bits per heavy atom. The van der Waals surface area contributed by atoms with E-state index in [0.717, 1.165) is 32.3 Å². The first-order valence-electron chi connectivity index (χ1n) is 8.13. The van der Waals surface area contributed by atoms with Crippen LogP contribution in [0.5, 0.6) is 0 Å². The molecule has 0 aromatic carbocycles. The van der Waals surface area contributed by atoms with Gasteiger partial charge in [0.2, 0.25) is 5.91 Å². The van der Waals surface area contributed by atoms with E-state index in [1.54, 1.807) is 0 Å². The summed E-state index contributed by atoms with van der Waals surface area (Å²) in [5, 5.41) is 5.72. The van der Waals surface area contributed by atoms with E-state index in [4.69, 9.17) is 9.47 Å². The fourth-order valence-electron chi connectivity index (χ4n) is 2.60. The van der Waals surface area contributed by atoms with Gasteiger partial charge in [-0.3, -0.25) is 4.79 Å². The predicted molar refractivity (Wildman–Crippen MR) is 82.5 cm³/mol. The number of alkyl carbamates (subject to hydrolysis) is 1. The van der Waals surface area contributed by atoms with E-state index in [1.165, 1.54) is 0 Å². The van der Waals surface area contributed by atoms with Crippen LogP contribution in [0.3, 0.4) is 0 Å². The first-order chi connectivity index (χ1) is 10.3. The SMILES string of the molecule is CC(C)(C)OC(=O)NCC1(CC(=O)NCC2CCCO2)CC1. The maximum Gasteiger partial charge on any atom is 0.407 e. The van der Waals surface area contributed by atoms with Crippen molar-refractivity contribution < 1.29 is 19.1 Å². The summed E-state index contributed by atoms with van der Waals surface area (Å²) in [5.74, 6) is 0.0407. The Morgan fingerprint density at radius 2 is 2.00 bits per heavy atom. The molecule has 2 fully saturated rings. The number of nitrogens with one attached hydrogen (secondary N) is 2. The van der Waals surface area contributed by atoms with E-state index in [9.17, 15) is 9.59 Å². The lowest BCUT2D eigenvalue weighted by molar-refractivity contribution is -0.122. The van der Waals surface area contributed by atoms with Gasteiger partial charge < -0.3 is 20.1 Å². The van der Waals surface area contributed by atoms with Gasteiger partial charge in [-0.05, 0) is 51.9 Å². The molecule has 1 heterocycles. The average Bonchev–Trinajstić information content (AvgIpc) is 2.96. The molecule has 0 aromatic rings. The van der Waals surface area contributed by atoms with Crippen molar-refractivity contribution in [3.05, 3.63) is 0 Å². The molecule has 1 saturated heterocycles. The first-order valence-corrected chi connectivity index (χ1v) is 8.13. The third kappa shape index (κ3) is 5.83. The van der Waals surface area contributed by atoms with Crippen molar-refractivity contribution >= 4 is 12.0 Å². The van der Waals surface area contributed by atoms with Crippen LogP contribution in [0.1, 0.15) is 52.9 Å². The summed E-state index contributed by atoms with van der Waals surface area (Å²) in [7, 11) is 0. The highest BCUT2D eigenvalue weighted by atomic mass is 16.6. The summed E-state index contributed by atoms with van der Waals surface area (Å²) < 4.78 is 10.7. The van der Waals surface area contributed by atoms with E-state index in [1.807, 2.05) is 20.8 Å². The Kier molecular flexibility index (Phi) is 5.32. The minimum Gasteiger partial charge on any atom is -0.444 e. The summed E-state index contributed by atoms with van der Waals surface area (Å²) in [5.41, 5.74) is -0.586. The molecule has 1 aliphatic carbocycles. The van der Waals surface area contributed by atoms with Gasteiger partial charge in [-0.1, -0.05) is 0 Å². The summed E-state index contributed by atoms with van der Waals surface area (Å²) in [6.07, 6.45) is 4.23. The van der Waals surface area contributed by atoms with Crippen LogP contribution >= 0.6 is 0 Å². The average molecular weight is 312 g/mol. The van der Waals surface area contributed by atoms with Gasteiger partial charge in [0, 0.05) is 26.1 Å². The molecule has 1 saturated carbocycles. The standard InChI is InChI=1S/C16H28N2O4/c1-15(2,3)22-14(20)18-11-16(6-7-16)9-13(19)17-10-12-5-4-8-21-12/h12H,4-11H2,1-3H3,(H,17,19)(H,18,20). The van der Waals surface area contributed by atoms with Gasteiger partial charge in [-0.15, -0.1) is 0 Å². The molecule has 0 spiro atoms. The quantitative estimate of drug-likeness (QED) is 0.786. The lowest BCUT2D eigenvalue weighted by atomic mass is 10.0. The smallest absolute Gasteiger partial charge is 0.407 e. The monoisotopic (exact) mass is 312 g/mol. The van der Waals surface area contributed by atoms with E-state index in [2.05, 4.69) is 10.6 Å². The molecule has 2 aliphatic rings. The Bertz CT molecular complexity index is 407. The Morgan fingerprint density at radius 3 is 2.55 bits per heavy atom. The maximum absolute atomic E-state index is 12.0. The van der Waals surface area contributed by atoms with Crippen LogP contribution < -0.4 is 10.6 Å². The summed E-state index contributed by atoms with van der Waals surface area (Å²) in [6.45, 7) is 7.38. The zero-order valence-electron chi connectivity index (χ0n) is 13.9. The van der Waals surface area contributed by atoms with Crippen LogP contribution in [0.25, 0.3) is 0 Å². The number of amides is 2. The minimum atomic E-state index is -0.501. The van der Waals surface area contributed by atoms with E-state index in [-0.39, 0.29) is 17.4 Å². The molecule has 6 nitrogen and oxygen atoms in total. The first kappa shape index (κ1) is 17.1. The number of hydrogen-bond acceptors (Lipinski definition) is 4. The van der Waals surface area contributed by atoms with Crippen LogP contribution in [-0.2, 0) is 14.3 Å². The highest BCUT2D eigenvalue weighted by molar-refractivity contribution is 5.77. The van der Waals surface area contributed by atoms with Crippen molar-refractivity contribution in [2.45, 2.75) is 64.6 Å². The molecule has 0 aromatic heterocycles. The van der Waals surface area contributed by atoms with Crippen molar-refractivity contribution in [1.82, 2.24) is 10.6 Å². The molecule has 1 unspecified atom stereocenters. The molecule has 126 valence electrons. The molecule has 22 heavy (non-hydrogen) atoms. The largest absolute Gasteiger partial charge is 0.444 e. The topological polar surface area (TPSA) is 76.7 Å². The Hall–Kier alpha value is -1.30. The molecule has 0 radical (unpaired) electrons. The number of hydrogen-bond donors (Lipinski definition) is 2. The van der Waals surface area contributed by atoms with Crippen molar-refractivity contribution in [2.24, 2.45) is 5.41 Å². The van der Waals surface area contributed by atoms with E-state index >= 15 is 0 Å². The van der Waals surface area contributed by atoms with Gasteiger partial charge in [0.25, 0.3) is 0 Å². The second-order valence-electron chi connectivity index (χ2n) is 7.47. The third-order valence-electron chi connectivity index (χ3n) is 4.05. The Balaban J connectivity index is 1.65. The van der Waals surface area contributed by atoms with Crippen LogP contribution in [0.15, 0.2) is 0 Å². The van der Waals surface area contributed by atoms with Crippen LogP contribution in [0.2, 0.25) is 0 Å². The number of carbonyl (C=O) groups is 2. The van der Waals surface area contributed by atoms with E-state index in [0.29, 0.717) is 19.5 Å². The lowest BCUT2D eigenvalue weighted by Crippen LogP contribution is -2.38. The Labute approximate surface area is 132 Å². The second kappa shape index (κ2) is 6.86. The summed E-state index contributed by atoms with van der Waals surface area (Å²) in [4.78, 5) is 23.7. The number of ether oxygens (including phenoxy) is 2. The van der Waals surface area contributed by atoms with Gasteiger partial charge in [0.15, 0.2) is 0 Å². The lowest BCUT2D eigenvalue weighted by Gasteiger charge is -2.21. The normalized spacial score (nSPS) is 23.0. The van der Waals surface area contributed by atoms with Gasteiger partial charge in [0.05, 0.1) is 6.10 Å². The van der Waals surface area contributed by atoms with Gasteiger partial charge in [0.1, 0.15) is 5.60 Å². The van der Waals surface area contributed by atoms with Gasteiger partial charge >= 0.3 is 6.09 Å². The molecular formula is C16H28N2O4. The molecular weight excluding hydrogens is 284 g/mol. The van der Waals surface area contributed by atoms with Crippen molar-refractivity contribution in [1.29, 1.82) is 0 Å². The molecule has 2 N–H and O–H groups in total. The maximum atomic E-state index is 12.0. The highest BCUT2D eigenvalue weighted by Gasteiger charge is 2.44. The fourth-order valence-corrected chi connectivity index (χ4v) is 2.60. The fraction of sp³-hybridized carbons (Fsp3) is 0.875. The predicted octanol–water partition coefficient (Wildman–Crippen LogP) is 1.98. The van der Waals surface area contributed by atoms with Gasteiger partial charge in [-0.25, -0.2) is 4.79 Å². The van der Waals surface area contributed by atoms with Crippen LogP contribution in [-0.4, -0.2) is 43.4 Å². The molecule has 1 atom stereocenters. The number of carbonyl (C=O) groups excluding carboxylic acids is 2. The van der Waals surface area contributed by atoms with Crippen molar-refractivity contribution in [3.63, 3.8) is 0 Å². The number of rotatable bonds is 6. The summed E-state index contributed by atoms with van der Waals surface area (Å²) >= 11 is 0. The van der Waals surface area contributed by atoms with Crippen molar-refractivity contribution in [2.75, 3.05) is 19.7 Å². The molecule has 2 rings (SSSR count). The highest BCUT2D eigenvalue weighted by Crippen LogP contribution is 2.48. The van der Waals surface area contributed by atoms with Gasteiger partial charge in [-0.2, -0.15) is 0 Å². The zero-order valence-corrected chi connectivity index (χ0v) is 13.9. The second-order valence-corrected chi connectivity index (χ2v) is 7.47. The van der Waals surface area contributed by atoms with E-state index < -0.39 is 11.7 Å².